The lowest BCUT2D eigenvalue weighted by molar-refractivity contribution is 0.555. The van der Waals surface area contributed by atoms with Crippen molar-refractivity contribution in [2.24, 2.45) is 0 Å². The average molecular weight is 295 g/mol. The third-order valence-electron chi connectivity index (χ3n) is 3.17. The monoisotopic (exact) mass is 294 g/mol. The molecule has 0 aliphatic heterocycles. The molecule has 0 aliphatic rings. The summed E-state index contributed by atoms with van der Waals surface area (Å²) < 4.78 is 0. The highest BCUT2D eigenvalue weighted by molar-refractivity contribution is 7.09. The number of likely N-dealkylation sites (N-methyl/N-ethyl adjacent to an activating group) is 1. The van der Waals surface area contributed by atoms with Crippen molar-refractivity contribution >= 4 is 22.9 Å². The second-order valence-electron chi connectivity index (χ2n) is 4.87. The fourth-order valence-electron chi connectivity index (χ4n) is 2.07. The summed E-state index contributed by atoms with van der Waals surface area (Å²) in [6.45, 7) is 4.09. The smallest absolute Gasteiger partial charge is 0.0943 e. The summed E-state index contributed by atoms with van der Waals surface area (Å²) in [5.41, 5.74) is 3.49. The highest BCUT2D eigenvalue weighted by Crippen LogP contribution is 2.20. The van der Waals surface area contributed by atoms with Crippen molar-refractivity contribution in [3.05, 3.63) is 50.4 Å². The predicted octanol–water partition coefficient (Wildman–Crippen LogP) is 3.79. The number of aryl methyl sites for hydroxylation is 2. The van der Waals surface area contributed by atoms with Crippen LogP contribution < -0.4 is 5.32 Å². The van der Waals surface area contributed by atoms with Crippen LogP contribution in [0.2, 0.25) is 5.02 Å². The summed E-state index contributed by atoms with van der Waals surface area (Å²) in [6, 6.07) is 6.62. The Kier molecular flexibility index (Phi) is 4.97. The van der Waals surface area contributed by atoms with Crippen molar-refractivity contribution in [2.75, 3.05) is 7.05 Å². The predicted molar refractivity (Wildman–Crippen MR) is 83.3 cm³/mol. The summed E-state index contributed by atoms with van der Waals surface area (Å²) in [7, 11) is 1.99. The van der Waals surface area contributed by atoms with Crippen LogP contribution in [0.15, 0.2) is 23.6 Å². The summed E-state index contributed by atoms with van der Waals surface area (Å²) >= 11 is 8.02. The van der Waals surface area contributed by atoms with E-state index < -0.39 is 0 Å². The largest absolute Gasteiger partial charge is 0.316 e. The molecule has 2 nitrogen and oxygen atoms in total. The van der Waals surface area contributed by atoms with Gasteiger partial charge in [0.1, 0.15) is 0 Å². The molecule has 2 aromatic rings. The molecule has 1 unspecified atom stereocenters. The summed E-state index contributed by atoms with van der Waals surface area (Å²) in [5, 5.41) is 7.49. The maximum Gasteiger partial charge on any atom is 0.0943 e. The molecule has 1 aromatic heterocycles. The maximum atomic E-state index is 6.30. The molecule has 0 radical (unpaired) electrons. The van der Waals surface area contributed by atoms with E-state index in [1.807, 2.05) is 20.0 Å². The van der Waals surface area contributed by atoms with Crippen LogP contribution in [-0.2, 0) is 12.8 Å². The Morgan fingerprint density at radius 3 is 2.68 bits per heavy atom. The SMILES string of the molecule is CNC(Cc1nc(C)cs1)Cc1ccc(C)cc1Cl. The van der Waals surface area contributed by atoms with E-state index in [4.69, 9.17) is 11.6 Å². The van der Waals surface area contributed by atoms with E-state index in [1.54, 1.807) is 11.3 Å². The van der Waals surface area contributed by atoms with E-state index in [1.165, 1.54) is 16.1 Å². The molecule has 0 spiro atoms. The number of hydrogen-bond donors (Lipinski definition) is 1. The Morgan fingerprint density at radius 2 is 2.11 bits per heavy atom. The number of aromatic nitrogens is 1. The Hall–Kier alpha value is -0.900. The zero-order chi connectivity index (χ0) is 13.8. The van der Waals surface area contributed by atoms with Gasteiger partial charge in [-0.1, -0.05) is 23.7 Å². The topological polar surface area (TPSA) is 24.9 Å². The van der Waals surface area contributed by atoms with Gasteiger partial charge in [-0.25, -0.2) is 4.98 Å². The quantitative estimate of drug-likeness (QED) is 0.907. The van der Waals surface area contributed by atoms with Gasteiger partial charge in [0.25, 0.3) is 0 Å². The van der Waals surface area contributed by atoms with Gasteiger partial charge in [-0.3, -0.25) is 0 Å². The summed E-state index contributed by atoms with van der Waals surface area (Å²) in [5.74, 6) is 0. The van der Waals surface area contributed by atoms with E-state index in [2.05, 4.69) is 34.7 Å². The van der Waals surface area contributed by atoms with Crippen LogP contribution in [-0.4, -0.2) is 18.1 Å². The zero-order valence-corrected chi connectivity index (χ0v) is 13.1. The van der Waals surface area contributed by atoms with Gasteiger partial charge in [0, 0.05) is 28.6 Å². The van der Waals surface area contributed by atoms with Gasteiger partial charge < -0.3 is 5.32 Å². The van der Waals surface area contributed by atoms with E-state index in [-0.39, 0.29) is 0 Å². The lowest BCUT2D eigenvalue weighted by atomic mass is 10.0. The minimum Gasteiger partial charge on any atom is -0.316 e. The Bertz CT molecular complexity index is 551. The minimum atomic E-state index is 0.366. The molecule has 0 amide bonds. The summed E-state index contributed by atoms with van der Waals surface area (Å²) in [6.07, 6.45) is 1.87. The Labute approximate surface area is 123 Å². The standard InChI is InChI=1S/C15H19ClN2S/c1-10-4-5-12(14(16)6-10)7-13(17-3)8-15-18-11(2)9-19-15/h4-6,9,13,17H,7-8H2,1-3H3. The molecular weight excluding hydrogens is 276 g/mol. The average Bonchev–Trinajstić information content (AvgIpc) is 2.77. The van der Waals surface area contributed by atoms with Crippen molar-refractivity contribution in [3.8, 4) is 0 Å². The number of nitrogens with zero attached hydrogens (tertiary/aromatic N) is 1. The van der Waals surface area contributed by atoms with Crippen LogP contribution in [0.3, 0.4) is 0 Å². The highest BCUT2D eigenvalue weighted by atomic mass is 35.5. The van der Waals surface area contributed by atoms with Crippen LogP contribution in [0.4, 0.5) is 0 Å². The van der Waals surface area contributed by atoms with Gasteiger partial charge in [0.05, 0.1) is 5.01 Å². The molecule has 1 heterocycles. The minimum absolute atomic E-state index is 0.366. The zero-order valence-electron chi connectivity index (χ0n) is 11.5. The van der Waals surface area contributed by atoms with Gasteiger partial charge in [0.15, 0.2) is 0 Å². The van der Waals surface area contributed by atoms with Crippen molar-refractivity contribution in [1.29, 1.82) is 0 Å². The van der Waals surface area contributed by atoms with Crippen LogP contribution in [0, 0.1) is 13.8 Å². The molecule has 0 saturated carbocycles. The Balaban J connectivity index is 2.06. The van der Waals surface area contributed by atoms with Gasteiger partial charge >= 0.3 is 0 Å². The molecular formula is C15H19ClN2S. The van der Waals surface area contributed by atoms with E-state index in [0.29, 0.717) is 6.04 Å². The molecule has 19 heavy (non-hydrogen) atoms. The van der Waals surface area contributed by atoms with Gasteiger partial charge in [0.2, 0.25) is 0 Å². The Morgan fingerprint density at radius 1 is 1.32 bits per heavy atom. The van der Waals surface area contributed by atoms with Crippen LogP contribution >= 0.6 is 22.9 Å². The third-order valence-corrected chi connectivity index (χ3v) is 4.51. The molecule has 0 saturated heterocycles. The van der Waals surface area contributed by atoms with Gasteiger partial charge in [-0.05, 0) is 44.5 Å². The molecule has 1 aromatic carbocycles. The maximum absolute atomic E-state index is 6.30. The van der Waals surface area contributed by atoms with Gasteiger partial charge in [-0.15, -0.1) is 11.3 Å². The first-order chi connectivity index (χ1) is 9.08. The molecule has 1 atom stereocenters. The highest BCUT2D eigenvalue weighted by Gasteiger charge is 2.12. The van der Waals surface area contributed by atoms with Crippen LogP contribution in [0.1, 0.15) is 21.8 Å². The second-order valence-corrected chi connectivity index (χ2v) is 6.22. The first kappa shape index (κ1) is 14.5. The molecule has 4 heteroatoms. The molecule has 0 fully saturated rings. The second kappa shape index (κ2) is 6.51. The number of nitrogens with one attached hydrogen (secondary N) is 1. The number of rotatable bonds is 5. The van der Waals surface area contributed by atoms with Crippen molar-refractivity contribution < 1.29 is 0 Å². The third kappa shape index (κ3) is 4.03. The van der Waals surface area contributed by atoms with Crippen molar-refractivity contribution in [3.63, 3.8) is 0 Å². The first-order valence-electron chi connectivity index (χ1n) is 6.42. The lowest BCUT2D eigenvalue weighted by Gasteiger charge is -2.16. The molecule has 2 rings (SSSR count). The summed E-state index contributed by atoms with van der Waals surface area (Å²) in [4.78, 5) is 4.52. The first-order valence-corrected chi connectivity index (χ1v) is 7.67. The van der Waals surface area contributed by atoms with E-state index >= 15 is 0 Å². The number of thiazole rings is 1. The lowest BCUT2D eigenvalue weighted by Crippen LogP contribution is -2.30. The van der Waals surface area contributed by atoms with Crippen molar-refractivity contribution in [2.45, 2.75) is 32.7 Å². The van der Waals surface area contributed by atoms with Crippen LogP contribution in [0.5, 0.6) is 0 Å². The number of halogens is 1. The van der Waals surface area contributed by atoms with Crippen molar-refractivity contribution in [1.82, 2.24) is 10.3 Å². The molecule has 102 valence electrons. The fraction of sp³-hybridized carbons (Fsp3) is 0.400. The fourth-order valence-corrected chi connectivity index (χ4v) is 3.23. The van der Waals surface area contributed by atoms with E-state index in [0.717, 1.165) is 23.6 Å². The molecule has 0 bridgehead atoms. The number of hydrogen-bond acceptors (Lipinski definition) is 3. The van der Waals surface area contributed by atoms with Gasteiger partial charge in [-0.2, -0.15) is 0 Å². The number of benzene rings is 1. The molecule has 0 aliphatic carbocycles. The normalized spacial score (nSPS) is 12.6. The van der Waals surface area contributed by atoms with E-state index in [9.17, 15) is 0 Å². The van der Waals surface area contributed by atoms with Crippen LogP contribution in [0.25, 0.3) is 0 Å². The molecule has 1 N–H and O–H groups in total.